The smallest absolute Gasteiger partial charge is 0.264 e. The van der Waals surface area contributed by atoms with Crippen molar-refractivity contribution in [3.8, 4) is 11.8 Å². The topological polar surface area (TPSA) is 65.2 Å². The van der Waals surface area contributed by atoms with Gasteiger partial charge in [0.25, 0.3) is 5.91 Å². The van der Waals surface area contributed by atoms with Crippen LogP contribution in [0.3, 0.4) is 0 Å². The first-order valence-electron chi connectivity index (χ1n) is 8.71. The molecule has 8 heteroatoms. The highest BCUT2D eigenvalue weighted by atomic mass is 35.5. The number of aryl methyl sites for hydroxylation is 1. The van der Waals surface area contributed by atoms with Gasteiger partial charge in [-0.2, -0.15) is 10.4 Å². The number of benzene rings is 1. The Morgan fingerprint density at radius 2 is 2.04 bits per heavy atom. The van der Waals surface area contributed by atoms with Crippen molar-refractivity contribution in [3.05, 3.63) is 45.9 Å². The van der Waals surface area contributed by atoms with E-state index in [0.717, 1.165) is 34.7 Å². The number of piperazine rings is 1. The van der Waals surface area contributed by atoms with Crippen LogP contribution >= 0.6 is 22.9 Å². The highest BCUT2D eigenvalue weighted by molar-refractivity contribution is 7.20. The van der Waals surface area contributed by atoms with E-state index in [9.17, 15) is 4.79 Å². The van der Waals surface area contributed by atoms with Crippen LogP contribution in [-0.4, -0.2) is 58.2 Å². The number of amides is 1. The number of aromatic nitrogens is 2. The van der Waals surface area contributed by atoms with Crippen LogP contribution in [0, 0.1) is 18.3 Å². The molecule has 0 saturated carbocycles. The molecule has 138 valence electrons. The fourth-order valence-electron chi connectivity index (χ4n) is 3.30. The van der Waals surface area contributed by atoms with Gasteiger partial charge in [-0.15, -0.1) is 11.3 Å². The lowest BCUT2D eigenvalue weighted by Gasteiger charge is -2.33. The Hall–Kier alpha value is -2.40. The number of hydrogen-bond acceptors (Lipinski definition) is 5. The van der Waals surface area contributed by atoms with Crippen LogP contribution in [0.1, 0.15) is 15.4 Å². The Bertz CT molecular complexity index is 1040. The van der Waals surface area contributed by atoms with Crippen molar-refractivity contribution in [1.29, 1.82) is 5.26 Å². The fraction of sp³-hybridized carbons (Fsp3) is 0.316. The van der Waals surface area contributed by atoms with Gasteiger partial charge in [0, 0.05) is 31.6 Å². The number of fused-ring (bicyclic) bond motifs is 1. The number of nitrogens with zero attached hydrogens (tertiary/aromatic N) is 5. The summed E-state index contributed by atoms with van der Waals surface area (Å²) in [6.07, 6.45) is 0. The Kier molecular flexibility index (Phi) is 4.87. The van der Waals surface area contributed by atoms with Crippen molar-refractivity contribution in [2.45, 2.75) is 6.92 Å². The van der Waals surface area contributed by atoms with Gasteiger partial charge in [0.1, 0.15) is 4.83 Å². The van der Waals surface area contributed by atoms with Gasteiger partial charge in [-0.1, -0.05) is 23.7 Å². The van der Waals surface area contributed by atoms with E-state index in [-0.39, 0.29) is 5.91 Å². The van der Waals surface area contributed by atoms with Gasteiger partial charge in [0.15, 0.2) is 0 Å². The summed E-state index contributed by atoms with van der Waals surface area (Å²) in [6, 6.07) is 11.7. The van der Waals surface area contributed by atoms with Crippen LogP contribution < -0.4 is 0 Å². The lowest BCUT2D eigenvalue weighted by molar-refractivity contribution is 0.0656. The zero-order valence-electron chi connectivity index (χ0n) is 14.9. The summed E-state index contributed by atoms with van der Waals surface area (Å²) in [7, 11) is 0. The van der Waals surface area contributed by atoms with Gasteiger partial charge in [0.2, 0.25) is 0 Å². The largest absolute Gasteiger partial charge is 0.335 e. The minimum atomic E-state index is 0.0397. The zero-order valence-corrected chi connectivity index (χ0v) is 16.4. The Balaban J connectivity index is 1.63. The highest BCUT2D eigenvalue weighted by Gasteiger charge is 2.25. The monoisotopic (exact) mass is 399 g/mol. The standard InChI is InChI=1S/C19H18ClN5OS/c1-13-14-12-17(18(26)24-10-8-23(7-6-21)9-11-24)27-19(14)25(22-13)16-5-3-2-4-15(16)20/h2-5,12H,7-11H2,1H3. The van der Waals surface area contributed by atoms with Crippen molar-refractivity contribution < 1.29 is 4.79 Å². The van der Waals surface area contributed by atoms with Crippen molar-refractivity contribution in [1.82, 2.24) is 19.6 Å². The minimum absolute atomic E-state index is 0.0397. The summed E-state index contributed by atoms with van der Waals surface area (Å²) in [5, 5.41) is 15.0. The first-order chi connectivity index (χ1) is 13.1. The third-order valence-corrected chi connectivity index (χ3v) is 6.21. The van der Waals surface area contributed by atoms with Gasteiger partial charge in [-0.3, -0.25) is 9.69 Å². The first-order valence-corrected chi connectivity index (χ1v) is 9.90. The molecule has 0 unspecified atom stereocenters. The maximum absolute atomic E-state index is 13.0. The predicted molar refractivity (Wildman–Crippen MR) is 107 cm³/mol. The molecular weight excluding hydrogens is 382 g/mol. The van der Waals surface area contributed by atoms with Gasteiger partial charge in [-0.25, -0.2) is 4.68 Å². The Morgan fingerprint density at radius 3 is 2.74 bits per heavy atom. The zero-order chi connectivity index (χ0) is 19.0. The van der Waals surface area contributed by atoms with Crippen LogP contribution in [0.15, 0.2) is 30.3 Å². The lowest BCUT2D eigenvalue weighted by atomic mass is 10.2. The van der Waals surface area contributed by atoms with Gasteiger partial charge < -0.3 is 4.90 Å². The molecule has 0 spiro atoms. The van der Waals surface area contributed by atoms with Crippen LogP contribution in [0.5, 0.6) is 0 Å². The number of hydrogen-bond donors (Lipinski definition) is 0. The molecule has 1 aromatic carbocycles. The van der Waals surface area contributed by atoms with E-state index in [1.165, 1.54) is 11.3 Å². The number of para-hydroxylation sites is 1. The van der Waals surface area contributed by atoms with E-state index in [4.69, 9.17) is 16.9 Å². The average Bonchev–Trinajstić information content (AvgIpc) is 3.23. The third kappa shape index (κ3) is 3.32. The molecule has 1 saturated heterocycles. The molecule has 1 aliphatic heterocycles. The van der Waals surface area contributed by atoms with Crippen LogP contribution in [0.4, 0.5) is 0 Å². The summed E-state index contributed by atoms with van der Waals surface area (Å²) in [4.78, 5) is 18.5. The normalized spacial score (nSPS) is 15.2. The first kappa shape index (κ1) is 18.0. The van der Waals surface area contributed by atoms with Gasteiger partial charge in [-0.05, 0) is 25.1 Å². The summed E-state index contributed by atoms with van der Waals surface area (Å²) in [6.45, 7) is 5.11. The molecule has 1 amide bonds. The molecule has 2 aromatic heterocycles. The predicted octanol–water partition coefficient (Wildman–Crippen LogP) is 3.33. The Morgan fingerprint density at radius 1 is 1.30 bits per heavy atom. The number of thiophene rings is 1. The van der Waals surface area contributed by atoms with Crippen molar-refractivity contribution in [3.63, 3.8) is 0 Å². The van der Waals surface area contributed by atoms with Gasteiger partial charge >= 0.3 is 0 Å². The average molecular weight is 400 g/mol. The molecule has 27 heavy (non-hydrogen) atoms. The summed E-state index contributed by atoms with van der Waals surface area (Å²) >= 11 is 7.79. The highest BCUT2D eigenvalue weighted by Crippen LogP contribution is 2.33. The maximum atomic E-state index is 13.0. The van der Waals surface area contributed by atoms with Crippen LogP contribution in [0.25, 0.3) is 15.9 Å². The van der Waals surface area contributed by atoms with E-state index in [0.29, 0.717) is 29.5 Å². The molecule has 3 heterocycles. The quantitative estimate of drug-likeness (QED) is 0.633. The van der Waals surface area contributed by atoms with Crippen molar-refractivity contribution in [2.24, 2.45) is 0 Å². The lowest BCUT2D eigenvalue weighted by Crippen LogP contribution is -2.48. The van der Waals surface area contributed by atoms with Crippen LogP contribution in [-0.2, 0) is 0 Å². The molecule has 6 nitrogen and oxygen atoms in total. The summed E-state index contributed by atoms with van der Waals surface area (Å²) in [5.41, 5.74) is 1.68. The second kappa shape index (κ2) is 7.31. The molecule has 1 fully saturated rings. The number of carbonyl (C=O) groups is 1. The second-order valence-electron chi connectivity index (χ2n) is 6.50. The second-order valence-corrected chi connectivity index (χ2v) is 7.94. The summed E-state index contributed by atoms with van der Waals surface area (Å²) in [5.74, 6) is 0.0397. The van der Waals surface area contributed by atoms with E-state index < -0.39 is 0 Å². The van der Waals surface area contributed by atoms with E-state index in [1.54, 1.807) is 0 Å². The minimum Gasteiger partial charge on any atom is -0.335 e. The molecule has 3 aromatic rings. The van der Waals surface area contributed by atoms with Crippen molar-refractivity contribution >= 4 is 39.1 Å². The number of rotatable bonds is 3. The number of carbonyl (C=O) groups excluding carboxylic acids is 1. The molecule has 0 radical (unpaired) electrons. The molecule has 1 aliphatic rings. The maximum Gasteiger partial charge on any atom is 0.264 e. The third-order valence-electron chi connectivity index (χ3n) is 4.79. The SMILES string of the molecule is Cc1nn(-c2ccccc2Cl)c2sc(C(=O)N3CCN(CC#N)CC3)cc12. The van der Waals surface area contributed by atoms with E-state index >= 15 is 0 Å². The van der Waals surface area contributed by atoms with Crippen LogP contribution in [0.2, 0.25) is 5.02 Å². The molecule has 4 rings (SSSR count). The van der Waals surface area contributed by atoms with E-state index in [1.807, 2.05) is 46.8 Å². The van der Waals surface area contributed by atoms with Gasteiger partial charge in [0.05, 0.1) is 33.9 Å². The van der Waals surface area contributed by atoms with Crippen molar-refractivity contribution in [2.75, 3.05) is 32.7 Å². The number of halogens is 1. The Labute approximate surface area is 166 Å². The summed E-state index contributed by atoms with van der Waals surface area (Å²) < 4.78 is 1.82. The molecule has 0 N–H and O–H groups in total. The molecule has 0 aliphatic carbocycles. The fourth-order valence-corrected chi connectivity index (χ4v) is 4.66. The number of nitriles is 1. The van der Waals surface area contributed by atoms with E-state index in [2.05, 4.69) is 16.1 Å². The molecule has 0 bridgehead atoms. The molecule has 0 atom stereocenters. The molecular formula is C19H18ClN5OS.